The van der Waals surface area contributed by atoms with Crippen LogP contribution in [0.1, 0.15) is 48.5 Å². The number of pyridine rings is 1. The highest BCUT2D eigenvalue weighted by molar-refractivity contribution is 6.02. The maximum atomic E-state index is 12.4. The summed E-state index contributed by atoms with van der Waals surface area (Å²) in [5.41, 5.74) is 11.0. The first-order valence-electron chi connectivity index (χ1n) is 11.5. The van der Waals surface area contributed by atoms with Crippen molar-refractivity contribution in [1.29, 1.82) is 0 Å². The Kier molecular flexibility index (Phi) is 5.13. The molecule has 1 unspecified atom stereocenters. The molecule has 0 bridgehead atoms. The van der Waals surface area contributed by atoms with Crippen molar-refractivity contribution in [3.63, 3.8) is 0 Å². The van der Waals surface area contributed by atoms with Crippen LogP contribution in [0.3, 0.4) is 0 Å². The standard InChI is InChI=1S/C25H32N4O2/c1-17-14-21(27-22(15-17)29-12-13-31-18(2)16-29)19-4-3-5-20(24(26)30)23(19)28-10-8-25(6-7-25)9-11-28/h3-5,14-15,18H,6-13,16H2,1-2H3,(H2,26,30). The first-order chi connectivity index (χ1) is 14.9. The van der Waals surface area contributed by atoms with Gasteiger partial charge < -0.3 is 20.3 Å². The van der Waals surface area contributed by atoms with Crippen LogP contribution in [0.4, 0.5) is 11.5 Å². The van der Waals surface area contributed by atoms with E-state index in [2.05, 4.69) is 41.8 Å². The van der Waals surface area contributed by atoms with E-state index in [0.29, 0.717) is 17.6 Å². The highest BCUT2D eigenvalue weighted by Gasteiger charge is 2.45. The molecule has 6 nitrogen and oxygen atoms in total. The van der Waals surface area contributed by atoms with Crippen LogP contribution < -0.4 is 15.5 Å². The molecule has 2 aromatic rings. The van der Waals surface area contributed by atoms with Gasteiger partial charge in [-0.15, -0.1) is 0 Å². The molecule has 2 saturated heterocycles. The van der Waals surface area contributed by atoms with Crippen molar-refractivity contribution in [1.82, 2.24) is 4.98 Å². The van der Waals surface area contributed by atoms with Crippen molar-refractivity contribution in [2.75, 3.05) is 42.6 Å². The topological polar surface area (TPSA) is 71.7 Å². The molecule has 1 atom stereocenters. The van der Waals surface area contributed by atoms with Crippen LogP contribution in [0.2, 0.25) is 0 Å². The molecule has 3 aliphatic rings. The Hall–Kier alpha value is -2.60. The molecule has 1 saturated carbocycles. The molecule has 1 aromatic heterocycles. The summed E-state index contributed by atoms with van der Waals surface area (Å²) in [6, 6.07) is 10.1. The van der Waals surface area contributed by atoms with E-state index in [9.17, 15) is 4.79 Å². The van der Waals surface area contributed by atoms with E-state index in [-0.39, 0.29) is 12.0 Å². The van der Waals surface area contributed by atoms with Gasteiger partial charge in [0.25, 0.3) is 5.91 Å². The number of aryl methyl sites for hydroxylation is 1. The van der Waals surface area contributed by atoms with Gasteiger partial charge in [0.1, 0.15) is 5.82 Å². The van der Waals surface area contributed by atoms with Crippen LogP contribution in [0.25, 0.3) is 11.3 Å². The molecule has 1 amide bonds. The van der Waals surface area contributed by atoms with Crippen molar-refractivity contribution in [2.24, 2.45) is 11.1 Å². The normalized spacial score (nSPS) is 22.6. The summed E-state index contributed by atoms with van der Waals surface area (Å²) in [7, 11) is 0. The number of aromatic nitrogens is 1. The summed E-state index contributed by atoms with van der Waals surface area (Å²) in [5.74, 6) is 0.592. The number of hydrogen-bond acceptors (Lipinski definition) is 5. The van der Waals surface area contributed by atoms with E-state index in [4.69, 9.17) is 15.5 Å². The molecule has 0 radical (unpaired) electrons. The molecule has 1 spiro atoms. The largest absolute Gasteiger partial charge is 0.375 e. The maximum absolute atomic E-state index is 12.4. The van der Waals surface area contributed by atoms with E-state index in [0.717, 1.165) is 54.5 Å². The summed E-state index contributed by atoms with van der Waals surface area (Å²) in [6.07, 6.45) is 5.28. The van der Waals surface area contributed by atoms with Crippen LogP contribution >= 0.6 is 0 Å². The van der Waals surface area contributed by atoms with Gasteiger partial charge >= 0.3 is 0 Å². The van der Waals surface area contributed by atoms with Crippen molar-refractivity contribution in [3.8, 4) is 11.3 Å². The monoisotopic (exact) mass is 420 g/mol. The Balaban J connectivity index is 1.55. The van der Waals surface area contributed by atoms with Crippen LogP contribution in [-0.4, -0.2) is 49.8 Å². The number of amides is 1. The second kappa shape index (κ2) is 7.83. The third-order valence-electron chi connectivity index (χ3n) is 7.20. The number of carbonyl (C=O) groups is 1. The number of piperidine rings is 1. The lowest BCUT2D eigenvalue weighted by Gasteiger charge is -2.36. The number of nitrogens with two attached hydrogens (primary N) is 1. The summed E-state index contributed by atoms with van der Waals surface area (Å²) in [4.78, 5) is 22.1. The molecule has 6 heteroatoms. The molecule has 2 aliphatic heterocycles. The third kappa shape index (κ3) is 4.01. The zero-order valence-corrected chi connectivity index (χ0v) is 18.6. The first kappa shape index (κ1) is 20.3. The average Bonchev–Trinajstić information content (AvgIpc) is 3.52. The number of ether oxygens (including phenoxy) is 1. The molecule has 3 heterocycles. The zero-order chi connectivity index (χ0) is 21.6. The van der Waals surface area contributed by atoms with Crippen molar-refractivity contribution >= 4 is 17.4 Å². The molecule has 3 fully saturated rings. The van der Waals surface area contributed by atoms with Crippen molar-refractivity contribution in [2.45, 2.75) is 45.6 Å². The number of benzene rings is 1. The van der Waals surface area contributed by atoms with Gasteiger partial charge in [-0.3, -0.25) is 4.79 Å². The SMILES string of the molecule is Cc1cc(-c2cccc(C(N)=O)c2N2CCC3(CC2)CC3)nc(N2CCOC(C)C2)c1. The highest BCUT2D eigenvalue weighted by Crippen LogP contribution is 2.54. The number of carbonyl (C=O) groups excluding carboxylic acids is 1. The Labute approximate surface area is 184 Å². The summed E-state index contributed by atoms with van der Waals surface area (Å²) < 4.78 is 5.71. The van der Waals surface area contributed by atoms with Crippen molar-refractivity contribution in [3.05, 3.63) is 41.5 Å². The van der Waals surface area contributed by atoms with Crippen LogP contribution in [0, 0.1) is 12.3 Å². The van der Waals surface area contributed by atoms with Gasteiger partial charge in [0.15, 0.2) is 0 Å². The van der Waals surface area contributed by atoms with Gasteiger partial charge in [0.2, 0.25) is 0 Å². The fourth-order valence-corrected chi connectivity index (χ4v) is 5.15. The molecule has 2 N–H and O–H groups in total. The lowest BCUT2D eigenvalue weighted by molar-refractivity contribution is 0.0529. The number of rotatable bonds is 4. The molecule has 1 aliphatic carbocycles. The molecule has 5 rings (SSSR count). The average molecular weight is 421 g/mol. The minimum atomic E-state index is -0.376. The molecular weight excluding hydrogens is 388 g/mol. The van der Waals surface area contributed by atoms with E-state index in [1.807, 2.05) is 12.1 Å². The Morgan fingerprint density at radius 1 is 1.13 bits per heavy atom. The second-order valence-corrected chi connectivity index (χ2v) is 9.57. The number of nitrogens with zero attached hydrogens (tertiary/aromatic N) is 3. The molecule has 1 aromatic carbocycles. The van der Waals surface area contributed by atoms with Gasteiger partial charge in [0.05, 0.1) is 29.7 Å². The van der Waals surface area contributed by atoms with Crippen molar-refractivity contribution < 1.29 is 9.53 Å². The Morgan fingerprint density at radius 2 is 1.90 bits per heavy atom. The van der Waals surface area contributed by atoms with Gasteiger partial charge in [0, 0.05) is 31.7 Å². The quantitative estimate of drug-likeness (QED) is 0.815. The molecular formula is C25H32N4O2. The first-order valence-corrected chi connectivity index (χ1v) is 11.5. The van der Waals surface area contributed by atoms with Gasteiger partial charge in [-0.25, -0.2) is 4.98 Å². The second-order valence-electron chi connectivity index (χ2n) is 9.57. The number of hydrogen-bond donors (Lipinski definition) is 1. The number of anilines is 2. The smallest absolute Gasteiger partial charge is 0.250 e. The van der Waals surface area contributed by atoms with E-state index < -0.39 is 0 Å². The lowest BCUT2D eigenvalue weighted by Crippen LogP contribution is -2.41. The lowest BCUT2D eigenvalue weighted by atomic mass is 9.91. The summed E-state index contributed by atoms with van der Waals surface area (Å²) >= 11 is 0. The number of para-hydroxylation sites is 1. The van der Waals surface area contributed by atoms with Gasteiger partial charge in [-0.1, -0.05) is 12.1 Å². The van der Waals surface area contributed by atoms with E-state index in [1.165, 1.54) is 25.7 Å². The predicted octanol–water partition coefficient (Wildman–Crippen LogP) is 3.76. The number of morpholine rings is 1. The fraction of sp³-hybridized carbons (Fsp3) is 0.520. The van der Waals surface area contributed by atoms with E-state index in [1.54, 1.807) is 0 Å². The van der Waals surface area contributed by atoms with Gasteiger partial charge in [-0.2, -0.15) is 0 Å². The van der Waals surface area contributed by atoms with Crippen LogP contribution in [0.15, 0.2) is 30.3 Å². The summed E-state index contributed by atoms with van der Waals surface area (Å²) in [5, 5.41) is 0. The summed E-state index contributed by atoms with van der Waals surface area (Å²) in [6.45, 7) is 8.52. The van der Waals surface area contributed by atoms with Crippen LogP contribution in [-0.2, 0) is 4.74 Å². The highest BCUT2D eigenvalue weighted by atomic mass is 16.5. The predicted molar refractivity (Wildman–Crippen MR) is 124 cm³/mol. The molecule has 31 heavy (non-hydrogen) atoms. The fourth-order valence-electron chi connectivity index (χ4n) is 5.15. The molecule has 164 valence electrons. The zero-order valence-electron chi connectivity index (χ0n) is 18.6. The third-order valence-corrected chi connectivity index (χ3v) is 7.20. The van der Waals surface area contributed by atoms with Gasteiger partial charge in [-0.05, 0) is 68.7 Å². The maximum Gasteiger partial charge on any atom is 0.250 e. The number of primary amides is 1. The van der Waals surface area contributed by atoms with Crippen LogP contribution in [0.5, 0.6) is 0 Å². The minimum Gasteiger partial charge on any atom is -0.375 e. The Bertz CT molecular complexity index is 991. The Morgan fingerprint density at radius 3 is 2.58 bits per heavy atom. The minimum absolute atomic E-state index is 0.191. The van der Waals surface area contributed by atoms with E-state index >= 15 is 0 Å².